The van der Waals surface area contributed by atoms with Gasteiger partial charge in [0.15, 0.2) is 0 Å². The van der Waals surface area contributed by atoms with Gasteiger partial charge in [-0.1, -0.05) is 24.3 Å². The van der Waals surface area contributed by atoms with Crippen molar-refractivity contribution >= 4 is 99.3 Å². The van der Waals surface area contributed by atoms with Crippen LogP contribution in [0.4, 0.5) is 32.8 Å². The van der Waals surface area contributed by atoms with Gasteiger partial charge in [-0.2, -0.15) is 0 Å². The molecular formula is C41H51ClN8O6S3. The highest BCUT2D eigenvalue weighted by molar-refractivity contribution is 8.13. The molecule has 2 aromatic carbocycles. The van der Waals surface area contributed by atoms with E-state index in [9.17, 15) is 18.0 Å². The Labute approximate surface area is 358 Å². The number of aryl methyl sites for hydroxylation is 2. The molecule has 0 radical (unpaired) electrons. The van der Waals surface area contributed by atoms with Crippen LogP contribution in [0.2, 0.25) is 0 Å². The summed E-state index contributed by atoms with van der Waals surface area (Å²) in [5, 5.41) is 15.0. The molecule has 6 heterocycles. The molecule has 4 aliphatic heterocycles. The van der Waals surface area contributed by atoms with Crippen molar-refractivity contribution in [2.45, 2.75) is 26.7 Å². The molecule has 2 aromatic heterocycles. The van der Waals surface area contributed by atoms with Crippen molar-refractivity contribution < 1.29 is 27.9 Å². The quantitative estimate of drug-likeness (QED) is 0.108. The zero-order chi connectivity index (χ0) is 42.1. The maximum Gasteiger partial charge on any atom is 0.303 e. The van der Waals surface area contributed by atoms with E-state index in [-0.39, 0.29) is 25.3 Å². The number of ether oxygens (including phenoxy) is 1. The number of para-hydroxylation sites is 4. The third-order valence-electron chi connectivity index (χ3n) is 10.1. The molecule has 2 N–H and O–H groups in total. The van der Waals surface area contributed by atoms with E-state index in [1.165, 1.54) is 30.9 Å². The maximum absolute atomic E-state index is 11.0. The average Bonchev–Trinajstić information content (AvgIpc) is 3.69. The number of halogens is 1. The largest absolute Gasteiger partial charge is 0.481 e. The molecule has 0 unspecified atom stereocenters. The standard InChI is InChI=1S/C21H26N4O2S.C17H20N4S.C3H5ClO4S/c1-15-14-16-20(24-12-10-23(2)11-13-24)22-17-6-3-4-7-18(17)25(21(16)28-15)9-5-8-19(26)27;1-12-11-13-16(21-9-7-20(2)8-10-21)18-14-5-3-4-6-15(14)19-17(13)22-12;4-9(6,7)2-1-8-3-5/h3-4,6-7,14H,5,8-13H2,1-2H3,(H,26,27);3-6,11,19H,7-10H2,1-2H3;3H,1-2H2. The number of carbonyl (C=O) groups excluding carboxylic acids is 1. The van der Waals surface area contributed by atoms with E-state index in [2.05, 4.69) is 111 Å². The van der Waals surface area contributed by atoms with Gasteiger partial charge < -0.3 is 39.7 Å². The second-order valence-corrected chi connectivity index (χ2v) is 20.0. The number of aliphatic carboxylic acids is 1. The van der Waals surface area contributed by atoms with E-state index in [1.54, 1.807) is 22.7 Å². The number of hydrogen-bond donors (Lipinski definition) is 2. The van der Waals surface area contributed by atoms with Gasteiger partial charge in [0.05, 0.1) is 39.6 Å². The van der Waals surface area contributed by atoms with Crippen LogP contribution in [-0.2, 0) is 23.4 Å². The topological polar surface area (TPSA) is 151 Å². The van der Waals surface area contributed by atoms with Gasteiger partial charge in [0.25, 0.3) is 6.47 Å². The first kappa shape index (κ1) is 44.0. The lowest BCUT2D eigenvalue weighted by atomic mass is 10.2. The first-order valence-electron chi connectivity index (χ1n) is 19.5. The number of nitrogens with zero attached hydrogens (tertiary/aromatic N) is 7. The number of amidine groups is 2. The number of carboxylic acids is 1. The molecule has 4 aromatic rings. The fraction of sp³-hybridized carbons (Fsp3) is 0.415. The van der Waals surface area contributed by atoms with Crippen molar-refractivity contribution in [1.82, 2.24) is 19.6 Å². The molecule has 0 spiro atoms. The number of thiophene rings is 2. The van der Waals surface area contributed by atoms with Crippen LogP contribution < -0.4 is 10.2 Å². The molecular weight excluding hydrogens is 832 g/mol. The van der Waals surface area contributed by atoms with E-state index in [4.69, 9.17) is 25.8 Å². The minimum Gasteiger partial charge on any atom is -0.481 e. The van der Waals surface area contributed by atoms with Gasteiger partial charge in [-0.15, -0.1) is 22.7 Å². The summed E-state index contributed by atoms with van der Waals surface area (Å²) in [6, 6.07) is 21.0. The van der Waals surface area contributed by atoms with Gasteiger partial charge in [-0.05, 0) is 70.8 Å². The molecule has 8 rings (SSSR count). The highest BCUT2D eigenvalue weighted by Crippen LogP contribution is 2.44. The number of likely N-dealkylation sites (N-methyl/N-ethyl adjacent to an activating group) is 2. The van der Waals surface area contributed by atoms with Crippen molar-refractivity contribution in [3.63, 3.8) is 0 Å². The normalized spacial score (nSPS) is 16.5. The molecule has 18 heteroatoms. The van der Waals surface area contributed by atoms with Gasteiger partial charge in [0.2, 0.25) is 9.05 Å². The van der Waals surface area contributed by atoms with Gasteiger partial charge >= 0.3 is 5.97 Å². The molecule has 316 valence electrons. The second-order valence-electron chi connectivity index (χ2n) is 14.6. The minimum absolute atomic E-state index is 0.169. The lowest BCUT2D eigenvalue weighted by Crippen LogP contribution is -2.47. The van der Waals surface area contributed by atoms with Crippen molar-refractivity contribution in [2.75, 3.05) is 95.6 Å². The van der Waals surface area contributed by atoms with E-state index in [1.807, 2.05) is 12.1 Å². The first-order valence-corrected chi connectivity index (χ1v) is 23.6. The summed E-state index contributed by atoms with van der Waals surface area (Å²) in [6.07, 6.45) is 0.772. The zero-order valence-electron chi connectivity index (χ0n) is 33.8. The Kier molecular flexibility index (Phi) is 15.0. The molecule has 2 saturated heterocycles. The maximum atomic E-state index is 11.0. The van der Waals surface area contributed by atoms with E-state index in [0.29, 0.717) is 13.0 Å². The minimum atomic E-state index is -3.51. The smallest absolute Gasteiger partial charge is 0.303 e. The lowest BCUT2D eigenvalue weighted by molar-refractivity contribution is -0.137. The number of carbonyl (C=O) groups is 2. The Morgan fingerprint density at radius 1 is 0.847 bits per heavy atom. The molecule has 2 fully saturated rings. The predicted octanol–water partition coefficient (Wildman–Crippen LogP) is 6.87. The molecule has 0 bridgehead atoms. The SMILES string of the molecule is Cc1cc2c(s1)N(CCCC(=O)O)c1ccccc1N=C2N1CCN(C)CC1.Cc1cc2c(s1)Nc1ccccc1N=C2N1CCN(C)CC1.O=COCCS(=O)(=O)Cl. The Morgan fingerprint density at radius 3 is 2.03 bits per heavy atom. The molecule has 0 atom stereocenters. The molecule has 14 nitrogen and oxygen atoms in total. The van der Waals surface area contributed by atoms with Crippen LogP contribution in [0.5, 0.6) is 0 Å². The lowest BCUT2D eigenvalue weighted by Gasteiger charge is -2.34. The second kappa shape index (κ2) is 20.2. The van der Waals surface area contributed by atoms with Crippen LogP contribution in [0, 0.1) is 13.8 Å². The summed E-state index contributed by atoms with van der Waals surface area (Å²) in [5.74, 6) is 1.07. The van der Waals surface area contributed by atoms with Gasteiger partial charge in [0, 0.05) is 85.8 Å². The molecule has 0 aliphatic carbocycles. The highest BCUT2D eigenvalue weighted by Gasteiger charge is 2.30. The van der Waals surface area contributed by atoms with E-state index >= 15 is 0 Å². The molecule has 0 saturated carbocycles. The summed E-state index contributed by atoms with van der Waals surface area (Å²) in [5.41, 5.74) is 6.53. The number of piperazine rings is 2. The van der Waals surface area contributed by atoms with E-state index < -0.39 is 15.0 Å². The molecule has 59 heavy (non-hydrogen) atoms. The summed E-state index contributed by atoms with van der Waals surface area (Å²) in [7, 11) is 5.58. The van der Waals surface area contributed by atoms with Crippen LogP contribution in [0.1, 0.15) is 33.7 Å². The summed E-state index contributed by atoms with van der Waals surface area (Å²) in [4.78, 5) is 45.0. The Hall–Kier alpha value is -4.52. The number of carboxylic acid groups (broad SMARTS) is 1. The van der Waals surface area contributed by atoms with Crippen LogP contribution in [0.15, 0.2) is 70.6 Å². The third kappa shape index (κ3) is 11.8. The summed E-state index contributed by atoms with van der Waals surface area (Å²) in [6.45, 7) is 13.2. The van der Waals surface area contributed by atoms with Crippen LogP contribution in [-0.4, -0.2) is 143 Å². The Balaban J connectivity index is 0.000000168. The number of aliphatic imine (C=N–C) groups is 2. The van der Waals surface area contributed by atoms with Crippen LogP contribution in [0.25, 0.3) is 0 Å². The number of nitrogens with one attached hydrogen (secondary N) is 1. The van der Waals surface area contributed by atoms with Crippen molar-refractivity contribution in [3.8, 4) is 0 Å². The van der Waals surface area contributed by atoms with Crippen LogP contribution in [0.3, 0.4) is 0 Å². The number of rotatable bonds is 8. The predicted molar refractivity (Wildman–Crippen MR) is 240 cm³/mol. The number of hydrogen-bond acceptors (Lipinski definition) is 15. The first-order chi connectivity index (χ1) is 28.3. The third-order valence-corrected chi connectivity index (χ3v) is 13.2. The van der Waals surface area contributed by atoms with Crippen LogP contribution >= 0.6 is 33.4 Å². The number of fused-ring (bicyclic) bond motifs is 4. The average molecular weight is 884 g/mol. The fourth-order valence-electron chi connectivity index (χ4n) is 7.00. The van der Waals surface area contributed by atoms with Crippen molar-refractivity contribution in [3.05, 3.63) is 81.5 Å². The summed E-state index contributed by atoms with van der Waals surface area (Å²) < 4.78 is 24.2. The number of benzene rings is 2. The molecule has 4 aliphatic rings. The monoisotopic (exact) mass is 882 g/mol. The highest BCUT2D eigenvalue weighted by atomic mass is 35.7. The Morgan fingerprint density at radius 2 is 1.41 bits per heavy atom. The zero-order valence-corrected chi connectivity index (χ0v) is 37.0. The van der Waals surface area contributed by atoms with Gasteiger partial charge in [0.1, 0.15) is 28.3 Å². The van der Waals surface area contributed by atoms with Gasteiger partial charge in [-0.3, -0.25) is 9.59 Å². The molecule has 0 amide bonds. The van der Waals surface area contributed by atoms with Crippen molar-refractivity contribution in [1.29, 1.82) is 0 Å². The van der Waals surface area contributed by atoms with Gasteiger partial charge in [-0.25, -0.2) is 18.4 Å². The van der Waals surface area contributed by atoms with E-state index in [0.717, 1.165) is 86.8 Å². The Bertz CT molecular complexity index is 2260. The summed E-state index contributed by atoms with van der Waals surface area (Å²) >= 11 is 3.57. The fourth-order valence-corrected chi connectivity index (χ4v) is 9.45. The van der Waals surface area contributed by atoms with Crippen molar-refractivity contribution in [2.24, 2.45) is 9.98 Å². The number of anilines is 4.